The van der Waals surface area contributed by atoms with E-state index in [1.165, 1.54) is 16.8 Å². The van der Waals surface area contributed by atoms with Crippen LogP contribution in [0.4, 0.5) is 5.69 Å². The zero-order valence-corrected chi connectivity index (χ0v) is 17.4. The van der Waals surface area contributed by atoms with Crippen LogP contribution in [0, 0.1) is 20.8 Å². The van der Waals surface area contributed by atoms with Crippen molar-refractivity contribution in [2.75, 3.05) is 37.6 Å². The van der Waals surface area contributed by atoms with Crippen LogP contribution in [-0.4, -0.2) is 58.3 Å². The number of rotatable bonds is 5. The fourth-order valence-electron chi connectivity index (χ4n) is 3.40. The molecular weight excluding hydrogens is 350 g/mol. The molecule has 3 rings (SSSR count). The van der Waals surface area contributed by atoms with Crippen molar-refractivity contribution in [1.82, 2.24) is 25.0 Å². The average molecular weight is 382 g/mol. The Morgan fingerprint density at radius 3 is 2.57 bits per heavy atom. The van der Waals surface area contributed by atoms with E-state index in [1.54, 1.807) is 0 Å². The van der Waals surface area contributed by atoms with E-state index in [-0.39, 0.29) is 0 Å². The van der Waals surface area contributed by atoms with Crippen molar-refractivity contribution in [2.45, 2.75) is 27.3 Å². The summed E-state index contributed by atoms with van der Waals surface area (Å²) < 4.78 is 1.98. The number of hydrogen-bond acceptors (Lipinski definition) is 4. The minimum atomic E-state index is 0.508. The fraction of sp³-hybridized carbons (Fsp3) is 0.476. The normalized spacial score (nSPS) is 15.1. The van der Waals surface area contributed by atoms with Gasteiger partial charge in [-0.3, -0.25) is 0 Å². The van der Waals surface area contributed by atoms with Gasteiger partial charge in [0.25, 0.3) is 0 Å². The molecule has 2 heterocycles. The Labute approximate surface area is 167 Å². The van der Waals surface area contributed by atoms with Gasteiger partial charge in [-0.05, 0) is 38.0 Å². The van der Waals surface area contributed by atoms with Gasteiger partial charge in [0.2, 0.25) is 0 Å². The minimum absolute atomic E-state index is 0.508. The highest BCUT2D eigenvalue weighted by Crippen LogP contribution is 2.23. The topological polar surface area (TPSA) is 61.6 Å². The summed E-state index contributed by atoms with van der Waals surface area (Å²) in [5.41, 5.74) is 4.05. The summed E-state index contributed by atoms with van der Waals surface area (Å²) in [4.78, 5) is 9.58. The minimum Gasteiger partial charge on any atom is -0.368 e. The first-order valence-corrected chi connectivity index (χ1v) is 9.81. The van der Waals surface area contributed by atoms with Crippen molar-refractivity contribution in [3.63, 3.8) is 0 Å². The molecule has 1 aromatic heterocycles. The van der Waals surface area contributed by atoms with Crippen molar-refractivity contribution in [1.29, 1.82) is 0 Å². The van der Waals surface area contributed by atoms with Gasteiger partial charge < -0.3 is 19.7 Å². The SMILES string of the molecule is C=CCNC(=NCc1nnc(C)n1C)N1CCN(c2cccc(C)c2C)CC1. The van der Waals surface area contributed by atoms with Crippen molar-refractivity contribution >= 4 is 11.6 Å². The standard InChI is InChI=1S/C21H31N7/c1-6-10-22-21(23-15-20-25-24-18(4)26(20)5)28-13-11-27(12-14-28)19-9-7-8-16(2)17(19)3/h6-9H,1,10-15H2,2-5H3,(H,22,23). The Kier molecular flexibility index (Phi) is 6.34. The summed E-state index contributed by atoms with van der Waals surface area (Å²) >= 11 is 0. The van der Waals surface area contributed by atoms with Gasteiger partial charge in [-0.15, -0.1) is 16.8 Å². The zero-order valence-electron chi connectivity index (χ0n) is 17.4. The van der Waals surface area contributed by atoms with Crippen LogP contribution in [0.5, 0.6) is 0 Å². The average Bonchev–Trinajstić information content (AvgIpc) is 3.03. The van der Waals surface area contributed by atoms with E-state index in [1.807, 2.05) is 24.6 Å². The molecule has 1 saturated heterocycles. The molecule has 1 fully saturated rings. The Balaban J connectivity index is 1.69. The van der Waals surface area contributed by atoms with Crippen LogP contribution in [0.2, 0.25) is 0 Å². The monoisotopic (exact) mass is 381 g/mol. The molecule has 0 spiro atoms. The molecule has 150 valence electrons. The number of nitrogens with zero attached hydrogens (tertiary/aromatic N) is 6. The van der Waals surface area contributed by atoms with E-state index < -0.39 is 0 Å². The van der Waals surface area contributed by atoms with Gasteiger partial charge in [0.1, 0.15) is 12.4 Å². The van der Waals surface area contributed by atoms with Gasteiger partial charge in [0, 0.05) is 45.5 Å². The second-order valence-electron chi connectivity index (χ2n) is 7.23. The maximum atomic E-state index is 4.80. The van der Waals surface area contributed by atoms with E-state index in [0.717, 1.165) is 43.8 Å². The Morgan fingerprint density at radius 2 is 1.93 bits per heavy atom. The highest BCUT2D eigenvalue weighted by molar-refractivity contribution is 5.80. The number of aliphatic imine (C=N–C) groups is 1. The Bertz CT molecular complexity index is 844. The van der Waals surface area contributed by atoms with Crippen molar-refractivity contribution in [3.8, 4) is 0 Å². The molecule has 0 saturated carbocycles. The predicted octanol–water partition coefficient (Wildman–Crippen LogP) is 2.19. The molecule has 7 nitrogen and oxygen atoms in total. The zero-order chi connectivity index (χ0) is 20.1. The van der Waals surface area contributed by atoms with E-state index in [0.29, 0.717) is 13.1 Å². The third kappa shape index (κ3) is 4.35. The van der Waals surface area contributed by atoms with Crippen molar-refractivity contribution in [3.05, 3.63) is 53.6 Å². The van der Waals surface area contributed by atoms with E-state index in [2.05, 4.69) is 63.9 Å². The highest BCUT2D eigenvalue weighted by atomic mass is 15.4. The van der Waals surface area contributed by atoms with Gasteiger partial charge in [0.15, 0.2) is 11.8 Å². The Morgan fingerprint density at radius 1 is 1.18 bits per heavy atom. The van der Waals surface area contributed by atoms with Crippen molar-refractivity contribution in [2.24, 2.45) is 12.0 Å². The maximum Gasteiger partial charge on any atom is 0.194 e. The van der Waals surface area contributed by atoms with Crippen LogP contribution in [0.3, 0.4) is 0 Å². The van der Waals surface area contributed by atoms with Gasteiger partial charge in [0.05, 0.1) is 0 Å². The molecule has 28 heavy (non-hydrogen) atoms. The first-order chi connectivity index (χ1) is 13.5. The van der Waals surface area contributed by atoms with E-state index in [9.17, 15) is 0 Å². The summed E-state index contributed by atoms with van der Waals surface area (Å²) in [6, 6.07) is 6.54. The lowest BCUT2D eigenvalue weighted by atomic mass is 10.1. The van der Waals surface area contributed by atoms with Crippen LogP contribution in [0.1, 0.15) is 22.8 Å². The largest absolute Gasteiger partial charge is 0.368 e. The number of piperazine rings is 1. The molecule has 0 amide bonds. The molecule has 0 atom stereocenters. The quantitative estimate of drug-likeness (QED) is 0.489. The number of aromatic nitrogens is 3. The number of anilines is 1. The van der Waals surface area contributed by atoms with Gasteiger partial charge >= 0.3 is 0 Å². The van der Waals surface area contributed by atoms with Gasteiger partial charge in [-0.2, -0.15) is 0 Å². The smallest absolute Gasteiger partial charge is 0.194 e. The molecule has 0 unspecified atom stereocenters. The third-order valence-electron chi connectivity index (χ3n) is 5.45. The van der Waals surface area contributed by atoms with Gasteiger partial charge in [-0.25, -0.2) is 4.99 Å². The number of hydrogen-bond donors (Lipinski definition) is 1. The lowest BCUT2D eigenvalue weighted by Gasteiger charge is -2.38. The summed E-state index contributed by atoms with van der Waals surface area (Å²) in [7, 11) is 1.97. The Hall–Kier alpha value is -2.83. The number of aryl methyl sites for hydroxylation is 2. The lowest BCUT2D eigenvalue weighted by Crippen LogP contribution is -2.52. The molecular formula is C21H31N7. The van der Waals surface area contributed by atoms with Crippen LogP contribution >= 0.6 is 0 Å². The van der Waals surface area contributed by atoms with Crippen LogP contribution in [0.25, 0.3) is 0 Å². The first-order valence-electron chi connectivity index (χ1n) is 9.81. The van der Waals surface area contributed by atoms with Crippen LogP contribution < -0.4 is 10.2 Å². The number of benzene rings is 1. The molecule has 2 aromatic rings. The summed E-state index contributed by atoms with van der Waals surface area (Å²) in [5, 5.41) is 11.7. The van der Waals surface area contributed by atoms with Crippen molar-refractivity contribution < 1.29 is 0 Å². The first kappa shape index (κ1) is 19.9. The maximum absolute atomic E-state index is 4.80. The van der Waals surface area contributed by atoms with E-state index >= 15 is 0 Å². The molecule has 1 aliphatic heterocycles. The van der Waals surface area contributed by atoms with Gasteiger partial charge in [-0.1, -0.05) is 18.2 Å². The fourth-order valence-corrected chi connectivity index (χ4v) is 3.40. The highest BCUT2D eigenvalue weighted by Gasteiger charge is 2.21. The number of guanidine groups is 1. The molecule has 0 bridgehead atoms. The molecule has 7 heteroatoms. The molecule has 1 aliphatic rings. The molecule has 1 N–H and O–H groups in total. The third-order valence-corrected chi connectivity index (χ3v) is 5.45. The summed E-state index contributed by atoms with van der Waals surface area (Å²) in [5.74, 6) is 2.67. The second kappa shape index (κ2) is 8.91. The summed E-state index contributed by atoms with van der Waals surface area (Å²) in [6.45, 7) is 15.1. The summed E-state index contributed by atoms with van der Waals surface area (Å²) in [6.07, 6.45) is 1.86. The predicted molar refractivity (Wildman–Crippen MR) is 115 cm³/mol. The number of nitrogens with one attached hydrogen (secondary N) is 1. The van der Waals surface area contributed by atoms with Crippen LogP contribution in [-0.2, 0) is 13.6 Å². The molecule has 1 aromatic carbocycles. The second-order valence-corrected chi connectivity index (χ2v) is 7.23. The molecule has 0 aliphatic carbocycles. The molecule has 0 radical (unpaired) electrons. The lowest BCUT2D eigenvalue weighted by molar-refractivity contribution is 0.373. The van der Waals surface area contributed by atoms with Crippen LogP contribution in [0.15, 0.2) is 35.8 Å². The van der Waals surface area contributed by atoms with E-state index in [4.69, 9.17) is 4.99 Å².